The lowest BCUT2D eigenvalue weighted by atomic mass is 10.0. The molecule has 0 bridgehead atoms. The number of hydrogen-bond acceptors (Lipinski definition) is 6. The SMILES string of the molecule is CS(=O)(Cc1cc(F)nc(Nc2cc(-c3ccc(F)c4c3OCC4)c(F)cn2)c1)=NC(=O)C(F)(F)F. The quantitative estimate of drug-likeness (QED) is 0.372. The molecule has 7 nitrogen and oxygen atoms in total. The maximum atomic E-state index is 14.6. The number of halogens is 6. The minimum atomic E-state index is -5.30. The molecule has 0 saturated carbocycles. The third kappa shape index (κ3) is 5.58. The van der Waals surface area contributed by atoms with E-state index in [4.69, 9.17) is 4.74 Å². The highest BCUT2D eigenvalue weighted by Gasteiger charge is 2.39. The van der Waals surface area contributed by atoms with E-state index in [1.165, 1.54) is 24.3 Å². The van der Waals surface area contributed by atoms with Crippen LogP contribution in [0.25, 0.3) is 11.1 Å². The molecule has 0 saturated heterocycles. The van der Waals surface area contributed by atoms with Gasteiger partial charge in [-0.1, -0.05) is 0 Å². The zero-order valence-corrected chi connectivity index (χ0v) is 19.1. The second-order valence-corrected chi connectivity index (χ2v) is 10.2. The molecule has 0 aliphatic carbocycles. The van der Waals surface area contributed by atoms with Crippen LogP contribution in [-0.2, 0) is 26.7 Å². The summed E-state index contributed by atoms with van der Waals surface area (Å²) in [6.45, 7) is 0.235. The van der Waals surface area contributed by atoms with Gasteiger partial charge in [-0.25, -0.2) is 23.0 Å². The number of carbonyl (C=O) groups is 1. The van der Waals surface area contributed by atoms with E-state index < -0.39 is 45.1 Å². The van der Waals surface area contributed by atoms with E-state index in [0.717, 1.165) is 18.5 Å². The second kappa shape index (κ2) is 9.41. The molecule has 1 aromatic carbocycles. The van der Waals surface area contributed by atoms with Crippen LogP contribution in [0.1, 0.15) is 11.1 Å². The number of carbonyl (C=O) groups excluding carboxylic acids is 1. The van der Waals surface area contributed by atoms with Gasteiger partial charge in [0, 0.05) is 29.4 Å². The van der Waals surface area contributed by atoms with E-state index in [0.29, 0.717) is 12.0 Å². The van der Waals surface area contributed by atoms with Gasteiger partial charge in [0.1, 0.15) is 29.0 Å². The average molecular weight is 530 g/mol. The summed E-state index contributed by atoms with van der Waals surface area (Å²) in [5.41, 5.74) is 0.542. The molecule has 4 rings (SSSR count). The van der Waals surface area contributed by atoms with Crippen molar-refractivity contribution < 1.29 is 40.1 Å². The van der Waals surface area contributed by atoms with Crippen LogP contribution in [0.3, 0.4) is 0 Å². The monoisotopic (exact) mass is 530 g/mol. The number of benzene rings is 1. The van der Waals surface area contributed by atoms with Crippen molar-refractivity contribution in [2.75, 3.05) is 18.2 Å². The van der Waals surface area contributed by atoms with Crippen molar-refractivity contribution >= 4 is 27.3 Å². The van der Waals surface area contributed by atoms with Crippen LogP contribution in [0.15, 0.2) is 40.9 Å². The summed E-state index contributed by atoms with van der Waals surface area (Å²) >= 11 is 0. The van der Waals surface area contributed by atoms with Crippen molar-refractivity contribution in [2.24, 2.45) is 4.36 Å². The van der Waals surface area contributed by atoms with Crippen molar-refractivity contribution in [1.29, 1.82) is 0 Å². The first-order valence-electron chi connectivity index (χ1n) is 10.2. The molecule has 36 heavy (non-hydrogen) atoms. The summed E-state index contributed by atoms with van der Waals surface area (Å²) < 4.78 is 101. The molecular weight excluding hydrogens is 514 g/mol. The Bertz CT molecular complexity index is 1490. The van der Waals surface area contributed by atoms with Gasteiger partial charge in [0.2, 0.25) is 5.95 Å². The Morgan fingerprint density at radius 1 is 1.11 bits per heavy atom. The van der Waals surface area contributed by atoms with Crippen LogP contribution in [-0.4, -0.2) is 39.1 Å². The number of nitrogens with zero attached hydrogens (tertiary/aromatic N) is 3. The summed E-state index contributed by atoms with van der Waals surface area (Å²) in [5.74, 6) is -5.46. The van der Waals surface area contributed by atoms with E-state index in [1.807, 2.05) is 0 Å². The van der Waals surface area contributed by atoms with Crippen LogP contribution in [0, 0.1) is 17.6 Å². The fourth-order valence-electron chi connectivity index (χ4n) is 3.58. The predicted octanol–water partition coefficient (Wildman–Crippen LogP) is 4.93. The van der Waals surface area contributed by atoms with E-state index in [2.05, 4.69) is 19.6 Å². The van der Waals surface area contributed by atoms with E-state index in [1.54, 1.807) is 0 Å². The van der Waals surface area contributed by atoms with Crippen molar-refractivity contribution in [3.63, 3.8) is 0 Å². The minimum absolute atomic E-state index is 0.000640. The lowest BCUT2D eigenvalue weighted by Gasteiger charge is -2.12. The zero-order chi connectivity index (χ0) is 26.3. The number of nitrogens with one attached hydrogen (secondary N) is 1. The van der Waals surface area contributed by atoms with Crippen molar-refractivity contribution in [3.05, 3.63) is 65.2 Å². The molecule has 1 aliphatic heterocycles. The van der Waals surface area contributed by atoms with Crippen LogP contribution in [0.2, 0.25) is 0 Å². The van der Waals surface area contributed by atoms with Crippen LogP contribution >= 0.6 is 0 Å². The Kier molecular flexibility index (Phi) is 6.64. The largest absolute Gasteiger partial charge is 0.492 e. The number of amides is 1. The second-order valence-electron chi connectivity index (χ2n) is 7.86. The Hall–Kier alpha value is -3.68. The van der Waals surface area contributed by atoms with Gasteiger partial charge >= 0.3 is 12.1 Å². The number of ether oxygens (including phenoxy) is 1. The Morgan fingerprint density at radius 3 is 2.58 bits per heavy atom. The topological polar surface area (TPSA) is 93.5 Å². The Balaban J connectivity index is 1.63. The van der Waals surface area contributed by atoms with Crippen LogP contribution in [0.4, 0.5) is 38.0 Å². The number of hydrogen-bond donors (Lipinski definition) is 1. The average Bonchev–Trinajstić information content (AvgIpc) is 3.25. The third-order valence-electron chi connectivity index (χ3n) is 5.01. The molecule has 0 spiro atoms. The van der Waals surface area contributed by atoms with Gasteiger partial charge in [-0.05, 0) is 35.9 Å². The molecule has 2 aromatic heterocycles. The highest BCUT2D eigenvalue weighted by atomic mass is 32.2. The summed E-state index contributed by atoms with van der Waals surface area (Å²) in [7, 11) is -3.71. The number of fused-ring (bicyclic) bond motifs is 1. The first-order chi connectivity index (χ1) is 16.8. The zero-order valence-electron chi connectivity index (χ0n) is 18.3. The predicted molar refractivity (Wildman–Crippen MR) is 118 cm³/mol. The maximum absolute atomic E-state index is 14.6. The molecule has 3 aromatic rings. The Morgan fingerprint density at radius 2 is 1.86 bits per heavy atom. The summed E-state index contributed by atoms with van der Waals surface area (Å²) in [5, 5.41) is 2.64. The van der Waals surface area contributed by atoms with Gasteiger partial charge in [-0.15, -0.1) is 0 Å². The standard InChI is InChI=1S/C22H16F6N4O3S/c1-36(34,32-21(33)22(26,27)28)10-11-6-17(25)30-19(7-11)31-18-8-14(16(24)9-29-18)12-2-3-15(23)13-4-5-35-20(12)13/h2-3,6-9H,4-5,10H2,1H3,(H,29,30,31). The van der Waals surface area contributed by atoms with Gasteiger partial charge in [0.25, 0.3) is 0 Å². The molecule has 3 heterocycles. The van der Waals surface area contributed by atoms with E-state index >= 15 is 0 Å². The molecule has 0 radical (unpaired) electrons. The molecule has 1 atom stereocenters. The number of alkyl halides is 3. The normalized spacial score (nSPS) is 14.5. The molecule has 1 N–H and O–H groups in total. The highest BCUT2D eigenvalue weighted by Crippen LogP contribution is 2.40. The highest BCUT2D eigenvalue weighted by molar-refractivity contribution is 7.92. The molecule has 0 fully saturated rings. The minimum Gasteiger partial charge on any atom is -0.492 e. The first kappa shape index (κ1) is 25.4. The summed E-state index contributed by atoms with van der Waals surface area (Å²) in [6.07, 6.45) is -3.26. The molecular formula is C22H16F6N4O3S. The van der Waals surface area contributed by atoms with Gasteiger partial charge in [-0.3, -0.25) is 4.79 Å². The maximum Gasteiger partial charge on any atom is 0.474 e. The fourth-order valence-corrected chi connectivity index (χ4v) is 4.88. The molecule has 14 heteroatoms. The summed E-state index contributed by atoms with van der Waals surface area (Å²) in [4.78, 5) is 18.5. The number of pyridine rings is 2. The lowest BCUT2D eigenvalue weighted by Crippen LogP contribution is -2.22. The van der Waals surface area contributed by atoms with E-state index in [-0.39, 0.29) is 40.7 Å². The van der Waals surface area contributed by atoms with Gasteiger partial charge in [0.15, 0.2) is 0 Å². The van der Waals surface area contributed by atoms with Crippen LogP contribution < -0.4 is 10.1 Å². The number of rotatable bonds is 5. The smallest absolute Gasteiger partial charge is 0.474 e. The first-order valence-corrected chi connectivity index (χ1v) is 12.3. The Labute approximate surface area is 200 Å². The van der Waals surface area contributed by atoms with Crippen molar-refractivity contribution in [2.45, 2.75) is 18.3 Å². The molecule has 1 aliphatic rings. The molecule has 1 unspecified atom stereocenters. The number of aromatic nitrogens is 2. The fraction of sp³-hybridized carbons (Fsp3) is 0.227. The number of anilines is 2. The van der Waals surface area contributed by atoms with Gasteiger partial charge in [-0.2, -0.15) is 21.9 Å². The summed E-state index contributed by atoms with van der Waals surface area (Å²) in [6, 6.07) is 5.79. The van der Waals surface area contributed by atoms with Crippen molar-refractivity contribution in [3.8, 4) is 16.9 Å². The van der Waals surface area contributed by atoms with E-state index in [9.17, 15) is 35.3 Å². The van der Waals surface area contributed by atoms with Gasteiger partial charge < -0.3 is 10.1 Å². The van der Waals surface area contributed by atoms with Crippen molar-refractivity contribution in [1.82, 2.24) is 9.97 Å². The van der Waals surface area contributed by atoms with Gasteiger partial charge in [0.05, 0.1) is 28.3 Å². The van der Waals surface area contributed by atoms with Crippen LogP contribution in [0.5, 0.6) is 5.75 Å². The lowest BCUT2D eigenvalue weighted by molar-refractivity contribution is -0.169. The molecule has 1 amide bonds. The molecule has 190 valence electrons. The third-order valence-corrected chi connectivity index (χ3v) is 6.43.